The minimum absolute atomic E-state index is 0.0535. The normalized spacial score (nSPS) is 12.9. The predicted molar refractivity (Wildman–Crippen MR) is 125 cm³/mol. The number of carbonyl (C=O) groups excluding carboxylic acids is 1. The van der Waals surface area contributed by atoms with Crippen molar-refractivity contribution in [2.24, 2.45) is 10.2 Å². The Morgan fingerprint density at radius 1 is 1.09 bits per heavy atom. The summed E-state index contributed by atoms with van der Waals surface area (Å²) >= 11 is 0. The highest BCUT2D eigenvalue weighted by atomic mass is 16.5. The number of nitrogens with two attached hydrogens (primary N) is 1. The lowest BCUT2D eigenvalue weighted by Gasteiger charge is -2.12. The number of nitrogens with zero attached hydrogens (tertiary/aromatic N) is 4. The third-order valence-corrected chi connectivity index (χ3v) is 4.46. The number of allylic oxidation sites excluding steroid dienone is 5. The molecule has 0 bridgehead atoms. The number of nitrogen functional groups attached to an aromatic ring is 1. The van der Waals surface area contributed by atoms with Gasteiger partial charge in [0.2, 0.25) is 0 Å². The van der Waals surface area contributed by atoms with Crippen LogP contribution in [-0.4, -0.2) is 17.7 Å². The van der Waals surface area contributed by atoms with Crippen molar-refractivity contribution >= 4 is 22.9 Å². The second-order valence-corrected chi connectivity index (χ2v) is 6.86. The zero-order valence-corrected chi connectivity index (χ0v) is 18.5. The fourth-order valence-electron chi connectivity index (χ4n) is 2.87. The van der Waals surface area contributed by atoms with E-state index in [1.165, 1.54) is 18.2 Å². The van der Waals surface area contributed by atoms with Gasteiger partial charge in [-0.3, -0.25) is 0 Å². The molecule has 0 saturated heterocycles. The van der Waals surface area contributed by atoms with Crippen LogP contribution in [0.3, 0.4) is 0 Å². The van der Waals surface area contributed by atoms with Crippen LogP contribution in [0.2, 0.25) is 0 Å². The molecule has 0 aliphatic rings. The van der Waals surface area contributed by atoms with Crippen molar-refractivity contribution < 1.29 is 14.6 Å². The van der Waals surface area contributed by atoms with Crippen molar-refractivity contribution in [1.82, 2.24) is 0 Å². The van der Waals surface area contributed by atoms with Gasteiger partial charge in [-0.15, -0.1) is 0 Å². The van der Waals surface area contributed by atoms with Crippen molar-refractivity contribution in [3.63, 3.8) is 0 Å². The Labute approximate surface area is 192 Å². The number of phenolic OH excluding ortho intramolecular Hbond substituents is 1. The van der Waals surface area contributed by atoms with Crippen LogP contribution in [-0.2, 0) is 9.53 Å². The molecule has 0 heterocycles. The molecule has 33 heavy (non-hydrogen) atoms. The van der Waals surface area contributed by atoms with E-state index in [0.717, 1.165) is 0 Å². The van der Waals surface area contributed by atoms with Crippen LogP contribution in [0.15, 0.2) is 87.3 Å². The van der Waals surface area contributed by atoms with E-state index >= 15 is 0 Å². The van der Waals surface area contributed by atoms with E-state index in [4.69, 9.17) is 10.5 Å². The Morgan fingerprint density at radius 2 is 1.73 bits per heavy atom. The van der Waals surface area contributed by atoms with Crippen LogP contribution in [0, 0.1) is 22.7 Å². The van der Waals surface area contributed by atoms with Crippen LogP contribution < -0.4 is 5.73 Å². The fourth-order valence-corrected chi connectivity index (χ4v) is 2.87. The third-order valence-electron chi connectivity index (χ3n) is 4.46. The summed E-state index contributed by atoms with van der Waals surface area (Å²) in [4.78, 5) is 12.1. The molecule has 0 aliphatic carbocycles. The molecule has 3 N–H and O–H groups in total. The standard InChI is InChI=1S/C25H23N5O3/c1-4-33-25(32)19(14-26)13-16(2)24(18-5-11-22(31)12-6-18)23(15-27)17(3)29-30-21-9-7-20(28)8-10-21/h5-13,31H,4,28H2,1-3H3/b19-13+,23-17+,24-16+,30-29?. The van der Waals surface area contributed by atoms with E-state index in [9.17, 15) is 20.4 Å². The van der Waals surface area contributed by atoms with Gasteiger partial charge in [0.1, 0.15) is 23.5 Å². The summed E-state index contributed by atoms with van der Waals surface area (Å²) in [5.74, 6) is -0.704. The van der Waals surface area contributed by atoms with Gasteiger partial charge < -0.3 is 15.6 Å². The Hall–Kier alpha value is -4.69. The number of hydrogen-bond donors (Lipinski definition) is 2. The van der Waals surface area contributed by atoms with Crippen LogP contribution in [0.5, 0.6) is 5.75 Å². The Bertz CT molecular complexity index is 1220. The minimum atomic E-state index is -0.758. The fraction of sp³-hybridized carbons (Fsp3) is 0.160. The van der Waals surface area contributed by atoms with Gasteiger partial charge >= 0.3 is 5.97 Å². The van der Waals surface area contributed by atoms with Crippen molar-refractivity contribution in [2.75, 3.05) is 12.3 Å². The summed E-state index contributed by atoms with van der Waals surface area (Å²) in [5, 5.41) is 37.4. The van der Waals surface area contributed by atoms with Crippen LogP contribution in [0.25, 0.3) is 5.57 Å². The van der Waals surface area contributed by atoms with Gasteiger partial charge in [0.25, 0.3) is 0 Å². The van der Waals surface area contributed by atoms with Crippen LogP contribution in [0.4, 0.5) is 11.4 Å². The summed E-state index contributed by atoms with van der Waals surface area (Å²) in [7, 11) is 0. The molecule has 0 aromatic heterocycles. The number of carbonyl (C=O) groups is 1. The number of rotatable bonds is 7. The van der Waals surface area contributed by atoms with Gasteiger partial charge in [0, 0.05) is 11.3 Å². The Morgan fingerprint density at radius 3 is 2.27 bits per heavy atom. The summed E-state index contributed by atoms with van der Waals surface area (Å²) in [6.45, 7) is 5.07. The number of aromatic hydroxyl groups is 1. The van der Waals surface area contributed by atoms with Crippen molar-refractivity contribution in [3.05, 3.63) is 82.6 Å². The van der Waals surface area contributed by atoms with Crippen molar-refractivity contribution in [3.8, 4) is 17.9 Å². The zero-order chi connectivity index (χ0) is 24.4. The molecule has 0 aliphatic heterocycles. The zero-order valence-electron chi connectivity index (χ0n) is 18.5. The largest absolute Gasteiger partial charge is 0.508 e. The van der Waals surface area contributed by atoms with E-state index in [0.29, 0.717) is 33.8 Å². The van der Waals surface area contributed by atoms with Gasteiger partial charge in [-0.1, -0.05) is 12.1 Å². The van der Waals surface area contributed by atoms with Gasteiger partial charge in [0.05, 0.1) is 23.6 Å². The number of hydrogen-bond acceptors (Lipinski definition) is 8. The summed E-state index contributed by atoms with van der Waals surface area (Å²) in [6.07, 6.45) is 1.36. The molecule has 0 atom stereocenters. The quantitative estimate of drug-likeness (QED) is 0.148. The molecule has 0 amide bonds. The molecule has 2 aromatic carbocycles. The second-order valence-electron chi connectivity index (χ2n) is 6.86. The predicted octanol–water partition coefficient (Wildman–Crippen LogP) is 5.34. The van der Waals surface area contributed by atoms with Crippen LogP contribution >= 0.6 is 0 Å². The van der Waals surface area contributed by atoms with Gasteiger partial charge in [-0.2, -0.15) is 20.8 Å². The first-order valence-corrected chi connectivity index (χ1v) is 9.98. The SMILES string of the molecule is CCOC(=O)/C(C#N)=C/C(C)=C(/C(C#N)=C(\C)N=Nc1ccc(N)cc1)c1ccc(O)cc1. The average Bonchev–Trinajstić information content (AvgIpc) is 2.81. The number of nitriles is 2. The van der Waals surface area contributed by atoms with E-state index in [1.807, 2.05) is 6.07 Å². The highest BCUT2D eigenvalue weighted by molar-refractivity contribution is 5.95. The van der Waals surface area contributed by atoms with E-state index in [1.54, 1.807) is 57.2 Å². The van der Waals surface area contributed by atoms with Crippen molar-refractivity contribution in [2.45, 2.75) is 20.8 Å². The van der Waals surface area contributed by atoms with E-state index < -0.39 is 5.97 Å². The third kappa shape index (κ3) is 6.65. The van der Waals surface area contributed by atoms with E-state index in [-0.39, 0.29) is 23.5 Å². The summed E-state index contributed by atoms with van der Waals surface area (Å²) < 4.78 is 4.92. The number of ether oxygens (including phenoxy) is 1. The molecular weight excluding hydrogens is 418 g/mol. The average molecular weight is 441 g/mol. The molecule has 0 fully saturated rings. The number of phenols is 1. The Kier molecular flexibility index (Phi) is 8.67. The number of azo groups is 1. The van der Waals surface area contributed by atoms with Gasteiger partial charge in [-0.05, 0) is 74.4 Å². The molecule has 2 aromatic rings. The lowest BCUT2D eigenvalue weighted by molar-refractivity contribution is -0.138. The number of esters is 1. The van der Waals surface area contributed by atoms with Gasteiger partial charge in [0.15, 0.2) is 0 Å². The number of benzene rings is 2. The summed E-state index contributed by atoms with van der Waals surface area (Å²) in [6, 6.07) is 16.9. The minimum Gasteiger partial charge on any atom is -0.508 e. The second kappa shape index (κ2) is 11.6. The lowest BCUT2D eigenvalue weighted by atomic mass is 9.92. The Balaban J connectivity index is 2.68. The maximum absolute atomic E-state index is 12.1. The van der Waals surface area contributed by atoms with E-state index in [2.05, 4.69) is 16.3 Å². The summed E-state index contributed by atoms with van der Waals surface area (Å²) in [5.41, 5.74) is 8.61. The first kappa shape index (κ1) is 24.6. The van der Waals surface area contributed by atoms with Crippen molar-refractivity contribution in [1.29, 1.82) is 10.5 Å². The highest BCUT2D eigenvalue weighted by Gasteiger charge is 2.17. The molecule has 2 rings (SSSR count). The maximum atomic E-state index is 12.1. The smallest absolute Gasteiger partial charge is 0.348 e. The lowest BCUT2D eigenvalue weighted by Crippen LogP contribution is -2.06. The maximum Gasteiger partial charge on any atom is 0.348 e. The molecule has 8 heteroatoms. The molecule has 8 nitrogen and oxygen atoms in total. The number of anilines is 1. The molecular formula is C25H23N5O3. The van der Waals surface area contributed by atoms with Gasteiger partial charge in [-0.25, -0.2) is 4.79 Å². The highest BCUT2D eigenvalue weighted by Crippen LogP contribution is 2.32. The molecule has 0 spiro atoms. The topological polar surface area (TPSA) is 145 Å². The molecule has 0 saturated carbocycles. The molecule has 166 valence electrons. The monoisotopic (exact) mass is 441 g/mol. The first-order valence-electron chi connectivity index (χ1n) is 9.98. The first-order chi connectivity index (χ1) is 15.8. The van der Waals surface area contributed by atoms with Crippen LogP contribution in [0.1, 0.15) is 26.3 Å². The molecule has 0 unspecified atom stereocenters. The molecule has 0 radical (unpaired) electrons.